The molecule has 20 heavy (non-hydrogen) atoms. The van der Waals surface area contributed by atoms with Crippen molar-refractivity contribution in [3.63, 3.8) is 0 Å². The summed E-state index contributed by atoms with van der Waals surface area (Å²) in [5.41, 5.74) is 7.42. The second-order valence-electron chi connectivity index (χ2n) is 5.15. The van der Waals surface area contributed by atoms with E-state index in [9.17, 15) is 4.79 Å². The van der Waals surface area contributed by atoms with Gasteiger partial charge in [-0.3, -0.25) is 9.69 Å². The summed E-state index contributed by atoms with van der Waals surface area (Å²) in [5, 5.41) is 2.93. The number of ether oxygens (including phenoxy) is 1. The van der Waals surface area contributed by atoms with Crippen molar-refractivity contribution in [3.8, 4) is 0 Å². The Balaban J connectivity index is 1.86. The van der Waals surface area contributed by atoms with Gasteiger partial charge in [-0.2, -0.15) is 0 Å². The van der Waals surface area contributed by atoms with Gasteiger partial charge in [-0.05, 0) is 30.5 Å². The van der Waals surface area contributed by atoms with Crippen LogP contribution in [-0.2, 0) is 16.1 Å². The standard InChI is InChI=1S/C15H23N3O2/c1-20-8-7-18(14-5-6-14)11-15(19)17-13-4-2-3-12(9-13)10-16/h2-4,9,14H,5-8,10-11,16H2,1H3,(H,17,19). The van der Waals surface area contributed by atoms with Crippen LogP contribution in [0.1, 0.15) is 18.4 Å². The van der Waals surface area contributed by atoms with E-state index in [1.807, 2.05) is 24.3 Å². The third-order valence-electron chi connectivity index (χ3n) is 3.44. The molecule has 0 bridgehead atoms. The average molecular weight is 277 g/mol. The van der Waals surface area contributed by atoms with E-state index in [0.717, 1.165) is 17.8 Å². The van der Waals surface area contributed by atoms with E-state index < -0.39 is 0 Å². The van der Waals surface area contributed by atoms with Gasteiger partial charge in [0.05, 0.1) is 13.2 Å². The lowest BCUT2D eigenvalue weighted by Gasteiger charge is -2.20. The van der Waals surface area contributed by atoms with Gasteiger partial charge in [0.2, 0.25) is 5.91 Å². The van der Waals surface area contributed by atoms with Crippen molar-refractivity contribution in [2.45, 2.75) is 25.4 Å². The molecule has 1 fully saturated rings. The number of methoxy groups -OCH3 is 1. The number of hydrogen-bond donors (Lipinski definition) is 2. The molecule has 1 saturated carbocycles. The molecule has 1 aromatic rings. The van der Waals surface area contributed by atoms with Gasteiger partial charge in [0.25, 0.3) is 0 Å². The van der Waals surface area contributed by atoms with Crippen molar-refractivity contribution in [3.05, 3.63) is 29.8 Å². The van der Waals surface area contributed by atoms with Crippen molar-refractivity contribution in [2.24, 2.45) is 5.73 Å². The summed E-state index contributed by atoms with van der Waals surface area (Å²) in [4.78, 5) is 14.3. The van der Waals surface area contributed by atoms with Gasteiger partial charge in [-0.25, -0.2) is 0 Å². The first-order valence-corrected chi connectivity index (χ1v) is 7.04. The number of nitrogens with two attached hydrogens (primary N) is 1. The first-order chi connectivity index (χ1) is 9.72. The van der Waals surface area contributed by atoms with E-state index in [1.54, 1.807) is 7.11 Å². The minimum absolute atomic E-state index is 0.0159. The summed E-state index contributed by atoms with van der Waals surface area (Å²) < 4.78 is 5.09. The van der Waals surface area contributed by atoms with Crippen molar-refractivity contribution < 1.29 is 9.53 Å². The number of nitrogens with zero attached hydrogens (tertiary/aromatic N) is 1. The monoisotopic (exact) mass is 277 g/mol. The van der Waals surface area contributed by atoms with Gasteiger partial charge >= 0.3 is 0 Å². The lowest BCUT2D eigenvalue weighted by Crippen LogP contribution is -2.37. The van der Waals surface area contributed by atoms with Crippen LogP contribution in [0, 0.1) is 0 Å². The van der Waals surface area contributed by atoms with Crippen molar-refractivity contribution in [1.82, 2.24) is 4.90 Å². The molecule has 0 aliphatic heterocycles. The third-order valence-corrected chi connectivity index (χ3v) is 3.44. The minimum Gasteiger partial charge on any atom is -0.383 e. The fourth-order valence-electron chi connectivity index (χ4n) is 2.20. The van der Waals surface area contributed by atoms with Crippen LogP contribution >= 0.6 is 0 Å². The Morgan fingerprint density at radius 3 is 2.95 bits per heavy atom. The number of anilines is 1. The zero-order valence-electron chi connectivity index (χ0n) is 12.0. The van der Waals surface area contributed by atoms with Gasteiger partial charge in [0, 0.05) is 31.9 Å². The maximum atomic E-state index is 12.1. The molecule has 1 aliphatic rings. The SMILES string of the molecule is COCCN(CC(=O)Nc1cccc(CN)c1)C1CC1. The van der Waals surface area contributed by atoms with Crippen molar-refractivity contribution >= 4 is 11.6 Å². The van der Waals surface area contributed by atoms with Crippen LogP contribution in [0.25, 0.3) is 0 Å². The number of hydrogen-bond acceptors (Lipinski definition) is 4. The Morgan fingerprint density at radius 2 is 2.30 bits per heavy atom. The molecule has 0 unspecified atom stereocenters. The molecule has 2 rings (SSSR count). The first kappa shape index (κ1) is 15.0. The molecule has 0 atom stereocenters. The summed E-state index contributed by atoms with van der Waals surface area (Å²) in [6.07, 6.45) is 2.36. The van der Waals surface area contributed by atoms with Crippen LogP contribution < -0.4 is 11.1 Å². The highest BCUT2D eigenvalue weighted by molar-refractivity contribution is 5.92. The van der Waals surface area contributed by atoms with E-state index in [-0.39, 0.29) is 5.91 Å². The molecule has 0 spiro atoms. The predicted molar refractivity (Wildman–Crippen MR) is 79.4 cm³/mol. The first-order valence-electron chi connectivity index (χ1n) is 7.04. The zero-order valence-corrected chi connectivity index (χ0v) is 12.0. The van der Waals surface area contributed by atoms with Gasteiger partial charge in [0.15, 0.2) is 0 Å². The van der Waals surface area contributed by atoms with E-state index in [0.29, 0.717) is 25.7 Å². The number of benzene rings is 1. The Kier molecular flexibility index (Phi) is 5.52. The number of rotatable bonds is 8. The second-order valence-corrected chi connectivity index (χ2v) is 5.15. The summed E-state index contributed by atoms with van der Waals surface area (Å²) in [5.74, 6) is 0.0159. The number of carbonyl (C=O) groups excluding carboxylic acids is 1. The maximum absolute atomic E-state index is 12.1. The summed E-state index contributed by atoms with van der Waals surface area (Å²) in [7, 11) is 1.68. The highest BCUT2D eigenvalue weighted by atomic mass is 16.5. The van der Waals surface area contributed by atoms with Gasteiger partial charge < -0.3 is 15.8 Å². The molecule has 1 aliphatic carbocycles. The van der Waals surface area contributed by atoms with E-state index in [1.165, 1.54) is 12.8 Å². The molecule has 1 aromatic carbocycles. The zero-order chi connectivity index (χ0) is 14.4. The maximum Gasteiger partial charge on any atom is 0.238 e. The lowest BCUT2D eigenvalue weighted by molar-refractivity contribution is -0.117. The van der Waals surface area contributed by atoms with Crippen LogP contribution in [0.3, 0.4) is 0 Å². The summed E-state index contributed by atoms with van der Waals surface area (Å²) in [6, 6.07) is 8.19. The van der Waals surface area contributed by atoms with E-state index in [2.05, 4.69) is 10.2 Å². The fraction of sp³-hybridized carbons (Fsp3) is 0.533. The number of carbonyl (C=O) groups is 1. The molecule has 5 nitrogen and oxygen atoms in total. The highest BCUT2D eigenvalue weighted by Gasteiger charge is 2.29. The molecule has 3 N–H and O–H groups in total. The molecule has 1 amide bonds. The Labute approximate surface area is 120 Å². The topological polar surface area (TPSA) is 67.6 Å². The molecular formula is C15H23N3O2. The number of nitrogens with one attached hydrogen (secondary N) is 1. The lowest BCUT2D eigenvalue weighted by atomic mass is 10.2. The molecule has 5 heteroatoms. The summed E-state index contributed by atoms with van der Waals surface area (Å²) >= 11 is 0. The predicted octanol–water partition coefficient (Wildman–Crippen LogP) is 1.19. The van der Waals surface area contributed by atoms with Crippen molar-refractivity contribution in [1.29, 1.82) is 0 Å². The van der Waals surface area contributed by atoms with Crippen LogP contribution in [0.2, 0.25) is 0 Å². The largest absolute Gasteiger partial charge is 0.383 e. The quantitative estimate of drug-likeness (QED) is 0.749. The molecule has 0 aromatic heterocycles. The van der Waals surface area contributed by atoms with E-state index in [4.69, 9.17) is 10.5 Å². The minimum atomic E-state index is 0.0159. The normalized spacial score (nSPS) is 14.6. The van der Waals surface area contributed by atoms with E-state index >= 15 is 0 Å². The summed E-state index contributed by atoms with van der Waals surface area (Å²) in [6.45, 7) is 2.36. The molecule has 110 valence electrons. The van der Waals surface area contributed by atoms with Gasteiger partial charge in [-0.1, -0.05) is 12.1 Å². The Hall–Kier alpha value is -1.43. The molecule has 0 saturated heterocycles. The van der Waals surface area contributed by atoms with Crippen LogP contribution in [0.4, 0.5) is 5.69 Å². The average Bonchev–Trinajstić information content (AvgIpc) is 3.28. The van der Waals surface area contributed by atoms with Gasteiger partial charge in [0.1, 0.15) is 0 Å². The third kappa shape index (κ3) is 4.59. The van der Waals surface area contributed by atoms with Crippen LogP contribution in [0.15, 0.2) is 24.3 Å². The van der Waals surface area contributed by atoms with Crippen LogP contribution in [-0.4, -0.2) is 43.7 Å². The smallest absolute Gasteiger partial charge is 0.238 e. The Morgan fingerprint density at radius 1 is 1.50 bits per heavy atom. The second kappa shape index (κ2) is 7.38. The Bertz CT molecular complexity index is 446. The van der Waals surface area contributed by atoms with Crippen molar-refractivity contribution in [2.75, 3.05) is 32.1 Å². The van der Waals surface area contributed by atoms with Gasteiger partial charge in [-0.15, -0.1) is 0 Å². The molecular weight excluding hydrogens is 254 g/mol. The van der Waals surface area contributed by atoms with Crippen LogP contribution in [0.5, 0.6) is 0 Å². The fourth-order valence-corrected chi connectivity index (χ4v) is 2.20. The molecule has 0 heterocycles. The highest BCUT2D eigenvalue weighted by Crippen LogP contribution is 2.26. The molecule has 0 radical (unpaired) electrons. The number of amides is 1.